The van der Waals surface area contributed by atoms with E-state index in [0.29, 0.717) is 15.8 Å². The summed E-state index contributed by atoms with van der Waals surface area (Å²) in [6.45, 7) is 5.49. The molecule has 0 unspecified atom stereocenters. The molecular formula is C17H19BrN2O3S. The Hall–Kier alpha value is -1.86. The first-order valence-corrected chi connectivity index (χ1v) is 9.66. The zero-order valence-electron chi connectivity index (χ0n) is 13.6. The van der Waals surface area contributed by atoms with Crippen molar-refractivity contribution in [2.45, 2.75) is 25.7 Å². The van der Waals surface area contributed by atoms with Gasteiger partial charge in [0, 0.05) is 21.8 Å². The lowest BCUT2D eigenvalue weighted by Crippen LogP contribution is -2.17. The number of anilines is 2. The lowest BCUT2D eigenvalue weighted by atomic mass is 10.2. The maximum Gasteiger partial charge on any atom is 0.263 e. The van der Waals surface area contributed by atoms with Gasteiger partial charge in [-0.1, -0.05) is 19.9 Å². The van der Waals surface area contributed by atoms with Crippen LogP contribution in [0.2, 0.25) is 0 Å². The topological polar surface area (TPSA) is 75.3 Å². The Kier molecular flexibility index (Phi) is 5.66. The Labute approximate surface area is 150 Å². The maximum atomic E-state index is 12.5. The minimum atomic E-state index is -3.69. The van der Waals surface area contributed by atoms with E-state index in [0.717, 1.165) is 5.56 Å². The van der Waals surface area contributed by atoms with Crippen LogP contribution in [0.4, 0.5) is 11.4 Å². The third kappa shape index (κ3) is 4.58. The number of hydrogen-bond donors (Lipinski definition) is 2. The molecule has 1 amide bonds. The highest BCUT2D eigenvalue weighted by molar-refractivity contribution is 9.10. The molecule has 2 aromatic rings. The molecule has 5 nitrogen and oxygen atoms in total. The third-order valence-corrected chi connectivity index (χ3v) is 5.66. The number of hydrogen-bond acceptors (Lipinski definition) is 3. The highest BCUT2D eigenvalue weighted by atomic mass is 79.9. The number of rotatable bonds is 5. The predicted molar refractivity (Wildman–Crippen MR) is 99.6 cm³/mol. The minimum Gasteiger partial charge on any atom is -0.326 e. The number of halogens is 1. The van der Waals surface area contributed by atoms with Crippen molar-refractivity contribution >= 4 is 43.2 Å². The summed E-state index contributed by atoms with van der Waals surface area (Å²) in [7, 11) is -3.69. The van der Waals surface area contributed by atoms with Crippen molar-refractivity contribution in [3.63, 3.8) is 0 Å². The second kappa shape index (κ2) is 7.36. The maximum absolute atomic E-state index is 12.5. The van der Waals surface area contributed by atoms with Gasteiger partial charge in [-0.2, -0.15) is 0 Å². The first kappa shape index (κ1) is 18.5. The molecule has 0 aliphatic carbocycles. The van der Waals surface area contributed by atoms with E-state index < -0.39 is 10.0 Å². The standard InChI is InChI=1S/C17H19BrN2O3S/c1-11(2)17(21)19-13-5-7-14(8-6-13)20-24(22,23)16-9-4-12(3)10-15(16)18/h4-11,20H,1-3H3,(H,19,21). The van der Waals surface area contributed by atoms with Crippen molar-refractivity contribution in [1.29, 1.82) is 0 Å². The molecule has 128 valence electrons. The summed E-state index contributed by atoms with van der Waals surface area (Å²) in [6.07, 6.45) is 0. The van der Waals surface area contributed by atoms with E-state index in [4.69, 9.17) is 0 Å². The SMILES string of the molecule is Cc1ccc(S(=O)(=O)Nc2ccc(NC(=O)C(C)C)cc2)c(Br)c1. The van der Waals surface area contributed by atoms with Gasteiger partial charge in [-0.3, -0.25) is 9.52 Å². The smallest absolute Gasteiger partial charge is 0.263 e. The van der Waals surface area contributed by atoms with Crippen molar-refractivity contribution in [3.05, 3.63) is 52.5 Å². The molecule has 0 aromatic heterocycles. The molecule has 7 heteroatoms. The fourth-order valence-corrected chi connectivity index (χ4v) is 4.19. The van der Waals surface area contributed by atoms with Crippen LogP contribution in [0.5, 0.6) is 0 Å². The van der Waals surface area contributed by atoms with Gasteiger partial charge in [0.25, 0.3) is 10.0 Å². The number of aryl methyl sites for hydroxylation is 1. The van der Waals surface area contributed by atoms with E-state index >= 15 is 0 Å². The van der Waals surface area contributed by atoms with Crippen molar-refractivity contribution in [1.82, 2.24) is 0 Å². The van der Waals surface area contributed by atoms with E-state index in [1.165, 1.54) is 0 Å². The lowest BCUT2D eigenvalue weighted by Gasteiger charge is -2.11. The Balaban J connectivity index is 2.17. The third-order valence-electron chi connectivity index (χ3n) is 3.31. The molecule has 0 aliphatic rings. The summed E-state index contributed by atoms with van der Waals surface area (Å²) >= 11 is 3.28. The summed E-state index contributed by atoms with van der Waals surface area (Å²) in [5.74, 6) is -0.214. The van der Waals surface area contributed by atoms with Gasteiger partial charge in [0.2, 0.25) is 5.91 Å². The Morgan fingerprint density at radius 1 is 1.04 bits per heavy atom. The molecule has 2 rings (SSSR count). The Morgan fingerprint density at radius 3 is 2.17 bits per heavy atom. The Bertz CT molecular complexity index is 847. The van der Waals surface area contributed by atoms with E-state index in [1.807, 2.05) is 6.92 Å². The number of carbonyl (C=O) groups is 1. The summed E-state index contributed by atoms with van der Waals surface area (Å²) in [6, 6.07) is 11.6. The van der Waals surface area contributed by atoms with Crippen LogP contribution < -0.4 is 10.0 Å². The van der Waals surface area contributed by atoms with Crippen LogP contribution in [0.15, 0.2) is 51.8 Å². The quantitative estimate of drug-likeness (QED) is 0.776. The average Bonchev–Trinajstić information content (AvgIpc) is 2.48. The van der Waals surface area contributed by atoms with E-state index in [1.54, 1.807) is 56.3 Å². The molecule has 0 heterocycles. The summed E-state index contributed by atoms with van der Waals surface area (Å²) < 4.78 is 28.0. The fourth-order valence-electron chi connectivity index (χ4n) is 1.94. The molecule has 0 saturated carbocycles. The second-order valence-electron chi connectivity index (χ2n) is 5.76. The van der Waals surface area contributed by atoms with Gasteiger partial charge < -0.3 is 5.32 Å². The number of nitrogens with one attached hydrogen (secondary N) is 2. The average molecular weight is 411 g/mol. The fraction of sp³-hybridized carbons (Fsp3) is 0.235. The van der Waals surface area contributed by atoms with Gasteiger partial charge in [0.05, 0.1) is 0 Å². The number of sulfonamides is 1. The van der Waals surface area contributed by atoms with Crippen molar-refractivity contribution < 1.29 is 13.2 Å². The molecule has 0 aliphatic heterocycles. The largest absolute Gasteiger partial charge is 0.326 e. The van der Waals surface area contributed by atoms with Gasteiger partial charge in [0.1, 0.15) is 4.90 Å². The Morgan fingerprint density at radius 2 is 1.62 bits per heavy atom. The molecule has 0 atom stereocenters. The molecule has 24 heavy (non-hydrogen) atoms. The molecule has 0 fully saturated rings. The van der Waals surface area contributed by atoms with Crippen molar-refractivity contribution in [3.8, 4) is 0 Å². The number of amides is 1. The first-order chi connectivity index (χ1) is 11.2. The van der Waals surface area contributed by atoms with E-state index in [2.05, 4.69) is 26.0 Å². The van der Waals surface area contributed by atoms with Crippen LogP contribution >= 0.6 is 15.9 Å². The van der Waals surface area contributed by atoms with Crippen LogP contribution in [0.1, 0.15) is 19.4 Å². The highest BCUT2D eigenvalue weighted by Crippen LogP contribution is 2.25. The van der Waals surface area contributed by atoms with Crippen LogP contribution in [0.3, 0.4) is 0 Å². The zero-order valence-corrected chi connectivity index (χ0v) is 16.0. The minimum absolute atomic E-state index is 0.0908. The van der Waals surface area contributed by atoms with Gasteiger partial charge >= 0.3 is 0 Å². The van der Waals surface area contributed by atoms with Gasteiger partial charge in [-0.15, -0.1) is 0 Å². The van der Waals surface area contributed by atoms with Gasteiger partial charge in [-0.05, 0) is 64.8 Å². The molecule has 2 aromatic carbocycles. The zero-order chi connectivity index (χ0) is 17.9. The molecule has 0 bridgehead atoms. The van der Waals surface area contributed by atoms with Crippen LogP contribution in [0, 0.1) is 12.8 Å². The molecular weight excluding hydrogens is 392 g/mol. The second-order valence-corrected chi connectivity index (χ2v) is 8.27. The van der Waals surface area contributed by atoms with Crippen molar-refractivity contribution in [2.75, 3.05) is 10.0 Å². The highest BCUT2D eigenvalue weighted by Gasteiger charge is 2.17. The van der Waals surface area contributed by atoms with Crippen LogP contribution in [-0.2, 0) is 14.8 Å². The van der Waals surface area contributed by atoms with Gasteiger partial charge in [-0.25, -0.2) is 8.42 Å². The molecule has 2 N–H and O–H groups in total. The molecule has 0 saturated heterocycles. The molecule has 0 radical (unpaired) electrons. The lowest BCUT2D eigenvalue weighted by molar-refractivity contribution is -0.118. The monoisotopic (exact) mass is 410 g/mol. The van der Waals surface area contributed by atoms with E-state index in [9.17, 15) is 13.2 Å². The molecule has 0 spiro atoms. The number of benzene rings is 2. The summed E-state index contributed by atoms with van der Waals surface area (Å²) in [5, 5.41) is 2.75. The van der Waals surface area contributed by atoms with Crippen molar-refractivity contribution in [2.24, 2.45) is 5.92 Å². The first-order valence-electron chi connectivity index (χ1n) is 7.39. The summed E-state index contributed by atoms with van der Waals surface area (Å²) in [5.41, 5.74) is 2.00. The normalized spacial score (nSPS) is 11.4. The number of carbonyl (C=O) groups excluding carboxylic acids is 1. The summed E-state index contributed by atoms with van der Waals surface area (Å²) in [4.78, 5) is 11.8. The predicted octanol–water partition coefficient (Wildman–Crippen LogP) is 4.15. The van der Waals surface area contributed by atoms with Crippen LogP contribution in [0.25, 0.3) is 0 Å². The van der Waals surface area contributed by atoms with Gasteiger partial charge in [0.15, 0.2) is 0 Å². The van der Waals surface area contributed by atoms with Crippen LogP contribution in [-0.4, -0.2) is 14.3 Å². The van der Waals surface area contributed by atoms with E-state index in [-0.39, 0.29) is 16.7 Å².